The molecule has 5 heteroatoms. The molecule has 0 saturated carbocycles. The fourth-order valence-electron chi connectivity index (χ4n) is 2.57. The van der Waals surface area contributed by atoms with Crippen LogP contribution in [0.2, 0.25) is 0 Å². The Labute approximate surface area is 123 Å². The number of amides is 1. The number of ether oxygens (including phenoxy) is 1. The third kappa shape index (κ3) is 2.63. The van der Waals surface area contributed by atoms with Crippen LogP contribution in [0, 0.1) is 0 Å². The topological polar surface area (TPSA) is 56.1 Å². The van der Waals surface area contributed by atoms with E-state index in [-0.39, 0.29) is 12.0 Å². The lowest BCUT2D eigenvalue weighted by Gasteiger charge is -2.06. The van der Waals surface area contributed by atoms with Crippen molar-refractivity contribution < 1.29 is 9.53 Å². The van der Waals surface area contributed by atoms with Gasteiger partial charge in [-0.25, -0.2) is 0 Å². The van der Waals surface area contributed by atoms with Crippen molar-refractivity contribution in [3.63, 3.8) is 0 Å². The highest BCUT2D eigenvalue weighted by Gasteiger charge is 2.20. The molecule has 2 heterocycles. The first-order valence-electron chi connectivity index (χ1n) is 7.20. The number of nitrogens with zero attached hydrogens (tertiary/aromatic N) is 2. The molecule has 0 aliphatic carbocycles. The average molecular weight is 285 g/mol. The van der Waals surface area contributed by atoms with Crippen molar-refractivity contribution in [2.45, 2.75) is 32.8 Å². The van der Waals surface area contributed by atoms with E-state index in [0.29, 0.717) is 11.4 Å². The van der Waals surface area contributed by atoms with E-state index in [1.165, 1.54) is 0 Å². The van der Waals surface area contributed by atoms with E-state index >= 15 is 0 Å². The first-order valence-corrected chi connectivity index (χ1v) is 7.20. The molecule has 0 saturated heterocycles. The van der Waals surface area contributed by atoms with Crippen LogP contribution in [0.15, 0.2) is 24.3 Å². The van der Waals surface area contributed by atoms with Crippen molar-refractivity contribution in [2.24, 2.45) is 7.05 Å². The smallest absolute Gasteiger partial charge is 0.256 e. The van der Waals surface area contributed by atoms with Gasteiger partial charge in [-0.05, 0) is 37.1 Å². The maximum atomic E-state index is 12.4. The molecule has 0 fully saturated rings. The second kappa shape index (κ2) is 5.24. The van der Waals surface area contributed by atoms with Gasteiger partial charge in [-0.1, -0.05) is 6.92 Å². The molecule has 1 N–H and O–H groups in total. The van der Waals surface area contributed by atoms with Crippen molar-refractivity contribution >= 4 is 11.7 Å². The highest BCUT2D eigenvalue weighted by atomic mass is 16.5. The summed E-state index contributed by atoms with van der Waals surface area (Å²) >= 11 is 0. The van der Waals surface area contributed by atoms with Crippen LogP contribution < -0.4 is 10.1 Å². The fourth-order valence-corrected chi connectivity index (χ4v) is 2.57. The number of hydrogen-bond donors (Lipinski definition) is 1. The molecule has 1 aliphatic rings. The van der Waals surface area contributed by atoms with E-state index in [4.69, 9.17) is 4.74 Å². The van der Waals surface area contributed by atoms with Gasteiger partial charge < -0.3 is 10.1 Å². The number of carbonyl (C=O) groups excluding carboxylic acids is 1. The first-order chi connectivity index (χ1) is 10.1. The molecule has 1 unspecified atom stereocenters. The molecule has 3 rings (SSSR count). The number of carbonyl (C=O) groups is 1. The molecule has 0 spiro atoms. The summed E-state index contributed by atoms with van der Waals surface area (Å²) in [5.41, 5.74) is 2.70. The lowest BCUT2D eigenvalue weighted by Crippen LogP contribution is -2.14. The standard InChI is InChI=1S/C16H19N3O2/c1-4-13-9-15(19(3)18-13)17-16(20)11-5-6-14-12(8-11)7-10(2)21-14/h5-6,8-10H,4,7H2,1-3H3,(H,17,20). The molecule has 21 heavy (non-hydrogen) atoms. The lowest BCUT2D eigenvalue weighted by atomic mass is 10.1. The van der Waals surface area contributed by atoms with Crippen LogP contribution >= 0.6 is 0 Å². The summed E-state index contributed by atoms with van der Waals surface area (Å²) < 4.78 is 7.34. The predicted molar refractivity (Wildman–Crippen MR) is 80.8 cm³/mol. The first kappa shape index (κ1) is 13.7. The zero-order valence-electron chi connectivity index (χ0n) is 12.5. The SMILES string of the molecule is CCc1cc(NC(=O)c2ccc3c(c2)CC(C)O3)n(C)n1. The number of aromatic nitrogens is 2. The number of benzene rings is 1. The highest BCUT2D eigenvalue weighted by molar-refractivity contribution is 6.04. The minimum Gasteiger partial charge on any atom is -0.490 e. The van der Waals surface area contributed by atoms with E-state index in [9.17, 15) is 4.79 Å². The Bertz CT molecular complexity index is 691. The maximum Gasteiger partial charge on any atom is 0.256 e. The van der Waals surface area contributed by atoms with Gasteiger partial charge in [0.15, 0.2) is 0 Å². The van der Waals surface area contributed by atoms with Crippen LogP contribution in [0.1, 0.15) is 35.5 Å². The minimum absolute atomic E-state index is 0.122. The number of rotatable bonds is 3. The van der Waals surface area contributed by atoms with Crippen LogP contribution in [-0.2, 0) is 19.9 Å². The van der Waals surface area contributed by atoms with Crippen molar-refractivity contribution in [3.05, 3.63) is 41.1 Å². The molecule has 1 aromatic heterocycles. The van der Waals surface area contributed by atoms with Crippen molar-refractivity contribution in [2.75, 3.05) is 5.32 Å². The molecule has 1 aliphatic heterocycles. The molecule has 1 atom stereocenters. The van der Waals surface area contributed by atoms with E-state index in [1.54, 1.807) is 10.7 Å². The third-order valence-corrected chi connectivity index (χ3v) is 3.69. The predicted octanol–water partition coefficient (Wildman–Crippen LogP) is 2.56. The van der Waals surface area contributed by atoms with Gasteiger partial charge >= 0.3 is 0 Å². The van der Waals surface area contributed by atoms with Crippen LogP contribution in [0.5, 0.6) is 5.75 Å². The number of fused-ring (bicyclic) bond motifs is 1. The Morgan fingerprint density at radius 1 is 1.48 bits per heavy atom. The van der Waals surface area contributed by atoms with Gasteiger partial charge in [-0.3, -0.25) is 9.48 Å². The van der Waals surface area contributed by atoms with Crippen LogP contribution in [0.25, 0.3) is 0 Å². The van der Waals surface area contributed by atoms with Crippen molar-refractivity contribution in [1.29, 1.82) is 0 Å². The summed E-state index contributed by atoms with van der Waals surface area (Å²) in [4.78, 5) is 12.4. The van der Waals surface area contributed by atoms with E-state index in [0.717, 1.165) is 29.8 Å². The number of anilines is 1. The van der Waals surface area contributed by atoms with Crippen LogP contribution in [0.4, 0.5) is 5.82 Å². The Kier molecular flexibility index (Phi) is 3.41. The van der Waals surface area contributed by atoms with Gasteiger partial charge in [0.05, 0.1) is 5.69 Å². The second-order valence-electron chi connectivity index (χ2n) is 5.41. The Morgan fingerprint density at radius 3 is 3.00 bits per heavy atom. The largest absolute Gasteiger partial charge is 0.490 e. The Morgan fingerprint density at radius 2 is 2.29 bits per heavy atom. The molecular formula is C16H19N3O2. The second-order valence-corrected chi connectivity index (χ2v) is 5.41. The summed E-state index contributed by atoms with van der Waals surface area (Å²) in [7, 11) is 1.83. The quantitative estimate of drug-likeness (QED) is 0.943. The molecule has 110 valence electrons. The lowest BCUT2D eigenvalue weighted by molar-refractivity contribution is 0.102. The Balaban J connectivity index is 1.79. The molecule has 0 bridgehead atoms. The summed E-state index contributed by atoms with van der Waals surface area (Å²) in [6.45, 7) is 4.07. The molecule has 1 amide bonds. The van der Waals surface area contributed by atoms with E-state index in [1.807, 2.05) is 39.1 Å². The zero-order chi connectivity index (χ0) is 15.0. The maximum absolute atomic E-state index is 12.4. The minimum atomic E-state index is -0.122. The molecular weight excluding hydrogens is 266 g/mol. The van der Waals surface area contributed by atoms with Gasteiger partial charge in [-0.2, -0.15) is 5.10 Å². The summed E-state index contributed by atoms with van der Waals surface area (Å²) in [6, 6.07) is 7.47. The van der Waals surface area contributed by atoms with E-state index in [2.05, 4.69) is 10.4 Å². The van der Waals surface area contributed by atoms with Gasteiger partial charge in [0, 0.05) is 25.1 Å². The number of nitrogens with one attached hydrogen (secondary N) is 1. The van der Waals surface area contributed by atoms with Crippen LogP contribution in [-0.4, -0.2) is 21.8 Å². The zero-order valence-corrected chi connectivity index (χ0v) is 12.5. The summed E-state index contributed by atoms with van der Waals surface area (Å²) in [6.07, 6.45) is 1.88. The number of aryl methyl sites for hydroxylation is 2. The fraction of sp³-hybridized carbons (Fsp3) is 0.375. The Hall–Kier alpha value is -2.30. The molecule has 1 aromatic carbocycles. The summed E-state index contributed by atoms with van der Waals surface area (Å²) in [5.74, 6) is 1.47. The molecule has 5 nitrogen and oxygen atoms in total. The number of hydrogen-bond acceptors (Lipinski definition) is 3. The average Bonchev–Trinajstić information content (AvgIpc) is 3.00. The molecule has 2 aromatic rings. The van der Waals surface area contributed by atoms with Crippen molar-refractivity contribution in [3.8, 4) is 5.75 Å². The van der Waals surface area contributed by atoms with Crippen molar-refractivity contribution in [1.82, 2.24) is 9.78 Å². The van der Waals surface area contributed by atoms with Gasteiger partial charge in [0.25, 0.3) is 5.91 Å². The summed E-state index contributed by atoms with van der Waals surface area (Å²) in [5, 5.41) is 7.23. The van der Waals surface area contributed by atoms with E-state index < -0.39 is 0 Å². The van der Waals surface area contributed by atoms with Crippen LogP contribution in [0.3, 0.4) is 0 Å². The normalized spacial score (nSPS) is 16.4. The highest BCUT2D eigenvalue weighted by Crippen LogP contribution is 2.29. The van der Waals surface area contributed by atoms with Gasteiger partial charge in [0.2, 0.25) is 0 Å². The third-order valence-electron chi connectivity index (χ3n) is 3.69. The van der Waals surface area contributed by atoms with Gasteiger partial charge in [0.1, 0.15) is 17.7 Å². The van der Waals surface area contributed by atoms with Gasteiger partial charge in [-0.15, -0.1) is 0 Å². The molecule has 0 radical (unpaired) electrons. The monoisotopic (exact) mass is 285 g/mol.